The van der Waals surface area contributed by atoms with E-state index in [4.69, 9.17) is 4.74 Å². The molecule has 2 rings (SSSR count). The Morgan fingerprint density at radius 3 is 2.55 bits per heavy atom. The van der Waals surface area contributed by atoms with Crippen molar-refractivity contribution in [3.8, 4) is 0 Å². The third-order valence-corrected chi connectivity index (χ3v) is 6.08. The van der Waals surface area contributed by atoms with Crippen molar-refractivity contribution in [1.29, 1.82) is 0 Å². The molecule has 20 heavy (non-hydrogen) atoms. The third-order valence-electron chi connectivity index (χ3n) is 4.12. The first kappa shape index (κ1) is 15.6. The number of nitrogens with zero attached hydrogens (tertiary/aromatic N) is 2. The third kappa shape index (κ3) is 3.63. The van der Waals surface area contributed by atoms with E-state index in [1.807, 2.05) is 6.92 Å². The van der Waals surface area contributed by atoms with Crippen molar-refractivity contribution in [2.24, 2.45) is 0 Å². The van der Waals surface area contributed by atoms with Crippen molar-refractivity contribution < 1.29 is 17.9 Å². The summed E-state index contributed by atoms with van der Waals surface area (Å²) in [6.45, 7) is 3.47. The molecule has 1 heterocycles. The van der Waals surface area contributed by atoms with E-state index >= 15 is 0 Å². The quantitative estimate of drug-likeness (QED) is 0.744. The Kier molecular flexibility index (Phi) is 5.26. The zero-order valence-corrected chi connectivity index (χ0v) is 12.9. The van der Waals surface area contributed by atoms with Crippen molar-refractivity contribution in [3.63, 3.8) is 0 Å². The minimum Gasteiger partial charge on any atom is -0.448 e. The highest BCUT2D eigenvalue weighted by Crippen LogP contribution is 2.24. The van der Waals surface area contributed by atoms with Gasteiger partial charge in [0.15, 0.2) is 0 Å². The average Bonchev–Trinajstić information content (AvgIpc) is 2.84. The number of cyclic esters (lactones) is 1. The smallest absolute Gasteiger partial charge is 0.409 e. The van der Waals surface area contributed by atoms with E-state index in [0.29, 0.717) is 19.7 Å². The first-order valence-electron chi connectivity index (χ1n) is 7.46. The van der Waals surface area contributed by atoms with Gasteiger partial charge in [0.1, 0.15) is 6.61 Å². The Balaban J connectivity index is 1.94. The Labute approximate surface area is 121 Å². The number of sulfonamides is 1. The van der Waals surface area contributed by atoms with Gasteiger partial charge in [0.2, 0.25) is 10.0 Å². The van der Waals surface area contributed by atoms with E-state index < -0.39 is 16.1 Å². The van der Waals surface area contributed by atoms with E-state index in [1.54, 1.807) is 4.31 Å². The van der Waals surface area contributed by atoms with Gasteiger partial charge in [0.25, 0.3) is 0 Å². The summed E-state index contributed by atoms with van der Waals surface area (Å²) in [7, 11) is -3.30. The van der Waals surface area contributed by atoms with Crippen LogP contribution in [0.15, 0.2) is 0 Å². The first-order valence-corrected chi connectivity index (χ1v) is 9.06. The van der Waals surface area contributed by atoms with Gasteiger partial charge in [-0.1, -0.05) is 26.2 Å². The fraction of sp³-hybridized carbons (Fsp3) is 0.923. The van der Waals surface area contributed by atoms with Gasteiger partial charge in [-0.15, -0.1) is 0 Å². The Morgan fingerprint density at radius 1 is 1.30 bits per heavy atom. The van der Waals surface area contributed by atoms with E-state index in [2.05, 4.69) is 0 Å². The lowest BCUT2D eigenvalue weighted by Crippen LogP contribution is -2.44. The maximum absolute atomic E-state index is 12.5. The molecule has 0 atom stereocenters. The Hall–Kier alpha value is -0.820. The van der Waals surface area contributed by atoms with Gasteiger partial charge < -0.3 is 9.64 Å². The monoisotopic (exact) mass is 304 g/mol. The summed E-state index contributed by atoms with van der Waals surface area (Å²) in [5.74, 6) is -0.00750. The molecule has 1 aliphatic heterocycles. The van der Waals surface area contributed by atoms with Gasteiger partial charge in [0.05, 0.1) is 12.3 Å². The SMILES string of the molecule is CCN(C1CCCCC1)S(=O)(=O)CCN1CCOC1=O. The second-order valence-corrected chi connectivity index (χ2v) is 7.45. The number of carbonyl (C=O) groups excluding carboxylic acids is 1. The maximum Gasteiger partial charge on any atom is 0.409 e. The average molecular weight is 304 g/mol. The Bertz CT molecular complexity index is 432. The lowest BCUT2D eigenvalue weighted by atomic mass is 9.95. The summed E-state index contributed by atoms with van der Waals surface area (Å²) < 4.78 is 31.4. The van der Waals surface area contributed by atoms with Crippen molar-refractivity contribution in [2.45, 2.75) is 45.1 Å². The van der Waals surface area contributed by atoms with Crippen molar-refractivity contribution in [1.82, 2.24) is 9.21 Å². The molecule has 0 bridgehead atoms. The van der Waals surface area contributed by atoms with Crippen LogP contribution in [0.1, 0.15) is 39.0 Å². The second kappa shape index (κ2) is 6.76. The molecular weight excluding hydrogens is 280 g/mol. The van der Waals surface area contributed by atoms with E-state index in [-0.39, 0.29) is 18.3 Å². The van der Waals surface area contributed by atoms with Crippen molar-refractivity contribution in [3.05, 3.63) is 0 Å². The predicted octanol–water partition coefficient (Wildman–Crippen LogP) is 1.42. The van der Waals surface area contributed by atoms with Crippen LogP contribution in [0.5, 0.6) is 0 Å². The minimum absolute atomic E-state index is 0.00750. The molecule has 0 N–H and O–H groups in total. The summed E-state index contributed by atoms with van der Waals surface area (Å²) in [5, 5.41) is 0. The van der Waals surface area contributed by atoms with Crippen LogP contribution in [0, 0.1) is 0 Å². The van der Waals surface area contributed by atoms with Crippen molar-refractivity contribution in [2.75, 3.05) is 32.0 Å². The maximum atomic E-state index is 12.5. The molecule has 0 aromatic heterocycles. The van der Waals surface area contributed by atoms with E-state index in [9.17, 15) is 13.2 Å². The van der Waals surface area contributed by atoms with Crippen LogP contribution >= 0.6 is 0 Å². The molecule has 6 nitrogen and oxygen atoms in total. The van der Waals surface area contributed by atoms with Gasteiger partial charge in [0, 0.05) is 19.1 Å². The zero-order chi connectivity index (χ0) is 14.6. The molecule has 0 unspecified atom stereocenters. The molecule has 1 aliphatic carbocycles. The van der Waals surface area contributed by atoms with Crippen LogP contribution in [0.3, 0.4) is 0 Å². The summed E-state index contributed by atoms with van der Waals surface area (Å²) in [4.78, 5) is 12.8. The van der Waals surface area contributed by atoms with Crippen LogP contribution in [-0.4, -0.2) is 61.8 Å². The first-order chi connectivity index (χ1) is 9.54. The highest BCUT2D eigenvalue weighted by atomic mass is 32.2. The number of ether oxygens (including phenoxy) is 1. The van der Waals surface area contributed by atoms with Crippen LogP contribution in [-0.2, 0) is 14.8 Å². The topological polar surface area (TPSA) is 66.9 Å². The van der Waals surface area contributed by atoms with Gasteiger partial charge in [-0.05, 0) is 12.8 Å². The fourth-order valence-electron chi connectivity index (χ4n) is 3.02. The molecule has 0 aromatic rings. The molecule has 0 aromatic carbocycles. The lowest BCUT2D eigenvalue weighted by Gasteiger charge is -2.32. The molecule has 1 saturated carbocycles. The van der Waals surface area contributed by atoms with Crippen molar-refractivity contribution >= 4 is 16.1 Å². The highest BCUT2D eigenvalue weighted by molar-refractivity contribution is 7.89. The molecule has 2 fully saturated rings. The minimum atomic E-state index is -3.30. The van der Waals surface area contributed by atoms with Crippen LogP contribution in [0.25, 0.3) is 0 Å². The molecule has 7 heteroatoms. The largest absolute Gasteiger partial charge is 0.448 e. The number of amides is 1. The summed E-state index contributed by atoms with van der Waals surface area (Å²) in [5.41, 5.74) is 0. The molecule has 0 radical (unpaired) electrons. The zero-order valence-electron chi connectivity index (χ0n) is 12.1. The summed E-state index contributed by atoms with van der Waals surface area (Å²) in [6, 6.07) is 0.143. The molecule has 2 aliphatic rings. The molecule has 0 spiro atoms. The van der Waals surface area contributed by atoms with Gasteiger partial charge >= 0.3 is 6.09 Å². The fourth-order valence-corrected chi connectivity index (χ4v) is 4.77. The molecule has 1 saturated heterocycles. The number of rotatable bonds is 6. The van der Waals surface area contributed by atoms with Gasteiger partial charge in [-0.2, -0.15) is 4.31 Å². The standard InChI is InChI=1S/C13H24N2O4S/c1-2-15(12-6-4-3-5-7-12)20(17,18)11-9-14-8-10-19-13(14)16/h12H,2-11H2,1H3. The second-order valence-electron chi connectivity index (χ2n) is 5.41. The molecule has 1 amide bonds. The number of hydrogen-bond acceptors (Lipinski definition) is 4. The highest BCUT2D eigenvalue weighted by Gasteiger charge is 2.31. The predicted molar refractivity (Wildman–Crippen MR) is 76.0 cm³/mol. The lowest BCUT2D eigenvalue weighted by molar-refractivity contribution is 0.159. The van der Waals surface area contributed by atoms with Crippen LogP contribution in [0.4, 0.5) is 4.79 Å². The molecular formula is C13H24N2O4S. The van der Waals surface area contributed by atoms with E-state index in [1.165, 1.54) is 11.3 Å². The van der Waals surface area contributed by atoms with Gasteiger partial charge in [-0.3, -0.25) is 0 Å². The number of carbonyl (C=O) groups is 1. The summed E-state index contributed by atoms with van der Waals surface area (Å²) in [6.07, 6.45) is 4.93. The van der Waals surface area contributed by atoms with E-state index in [0.717, 1.165) is 25.7 Å². The Morgan fingerprint density at radius 2 is 2.00 bits per heavy atom. The summed E-state index contributed by atoms with van der Waals surface area (Å²) >= 11 is 0. The normalized spacial score (nSPS) is 21.5. The van der Waals surface area contributed by atoms with Gasteiger partial charge in [-0.25, -0.2) is 13.2 Å². The molecule has 116 valence electrons. The number of hydrogen-bond donors (Lipinski definition) is 0. The van der Waals surface area contributed by atoms with Crippen LogP contribution in [0.2, 0.25) is 0 Å². The van der Waals surface area contributed by atoms with Crippen LogP contribution < -0.4 is 0 Å².